The monoisotopic (exact) mass is 541 g/mol. The number of likely N-dealkylation sites (N-methyl/N-ethyl adjacent to an activating group) is 1. The zero-order valence-corrected chi connectivity index (χ0v) is 23.2. The maximum absolute atomic E-state index is 12.7. The number of ether oxygens (including phenoxy) is 2. The van der Waals surface area contributed by atoms with Crippen molar-refractivity contribution in [2.75, 3.05) is 33.3 Å². The summed E-state index contributed by atoms with van der Waals surface area (Å²) in [6.45, 7) is 8.19. The molecule has 0 saturated heterocycles. The van der Waals surface area contributed by atoms with Crippen molar-refractivity contribution < 1.29 is 24.2 Å². The van der Waals surface area contributed by atoms with Crippen molar-refractivity contribution in [2.45, 2.75) is 46.1 Å². The Labute approximate surface area is 228 Å². The molecule has 3 rings (SSSR count). The Morgan fingerprint density at radius 2 is 1.87 bits per heavy atom. The highest BCUT2D eigenvalue weighted by atomic mass is 35.5. The van der Waals surface area contributed by atoms with Gasteiger partial charge in [0.2, 0.25) is 0 Å². The molecular formula is C29H36ClN3O5. The minimum atomic E-state index is -0.712. The number of ketones is 1. The molecule has 1 aromatic heterocycles. The summed E-state index contributed by atoms with van der Waals surface area (Å²) >= 11 is 6.44. The Morgan fingerprint density at radius 1 is 1.11 bits per heavy atom. The zero-order valence-electron chi connectivity index (χ0n) is 22.4. The number of carbonyl (C=O) groups excluding carboxylic acids is 2. The van der Waals surface area contributed by atoms with Gasteiger partial charge in [-0.15, -0.1) is 0 Å². The number of aliphatic hydroxyl groups excluding tert-OH is 1. The van der Waals surface area contributed by atoms with Gasteiger partial charge in [-0.25, -0.2) is 0 Å². The number of hydrogen-bond acceptors (Lipinski definition) is 7. The smallest absolute Gasteiger partial charge is 0.254 e. The molecule has 0 spiro atoms. The van der Waals surface area contributed by atoms with E-state index >= 15 is 0 Å². The van der Waals surface area contributed by atoms with E-state index in [9.17, 15) is 14.7 Å². The first-order chi connectivity index (χ1) is 18.3. The molecule has 0 aliphatic carbocycles. The lowest BCUT2D eigenvalue weighted by atomic mass is 10.1. The number of hydrogen-bond donors (Lipinski definition) is 2. The van der Waals surface area contributed by atoms with Gasteiger partial charge >= 0.3 is 0 Å². The average molecular weight is 542 g/mol. The van der Waals surface area contributed by atoms with Crippen molar-refractivity contribution in [3.8, 4) is 17.2 Å². The van der Waals surface area contributed by atoms with Crippen LogP contribution in [0, 0.1) is 0 Å². The first kappa shape index (κ1) is 29.4. The number of nitrogens with zero attached hydrogens (tertiary/aromatic N) is 2. The number of Topliss-reactive ketones (excluding diaryl/α,β-unsaturated/α-hetero) is 1. The van der Waals surface area contributed by atoms with E-state index in [1.54, 1.807) is 49.6 Å². The summed E-state index contributed by atoms with van der Waals surface area (Å²) in [7, 11) is 1.54. The SMILES string of the molecule is CCCC(=O)Cc1ccc(Oc2ccnc3cc(OC[C@H](O)CN(CC)CC)c(C(=O)NC)cc23)cc1Cl. The van der Waals surface area contributed by atoms with Crippen LogP contribution in [0.5, 0.6) is 17.2 Å². The summed E-state index contributed by atoms with van der Waals surface area (Å²) in [6.07, 6.45) is 2.50. The Morgan fingerprint density at radius 3 is 2.53 bits per heavy atom. The van der Waals surface area contributed by atoms with Gasteiger partial charge in [0.15, 0.2) is 0 Å². The highest BCUT2D eigenvalue weighted by molar-refractivity contribution is 6.31. The van der Waals surface area contributed by atoms with Crippen molar-refractivity contribution in [1.29, 1.82) is 0 Å². The van der Waals surface area contributed by atoms with Gasteiger partial charge in [-0.1, -0.05) is 38.4 Å². The summed E-state index contributed by atoms with van der Waals surface area (Å²) in [5.74, 6) is 1.11. The van der Waals surface area contributed by atoms with E-state index < -0.39 is 6.10 Å². The van der Waals surface area contributed by atoms with Gasteiger partial charge in [0.25, 0.3) is 5.91 Å². The molecule has 0 aliphatic rings. The van der Waals surface area contributed by atoms with Crippen LogP contribution < -0.4 is 14.8 Å². The van der Waals surface area contributed by atoms with E-state index in [4.69, 9.17) is 21.1 Å². The lowest BCUT2D eigenvalue weighted by Crippen LogP contribution is -2.35. The predicted molar refractivity (Wildman–Crippen MR) is 150 cm³/mol. The molecule has 0 radical (unpaired) electrons. The summed E-state index contributed by atoms with van der Waals surface area (Å²) in [5.41, 5.74) is 1.62. The van der Waals surface area contributed by atoms with Crippen molar-refractivity contribution in [1.82, 2.24) is 15.2 Å². The van der Waals surface area contributed by atoms with Gasteiger partial charge < -0.3 is 24.8 Å². The van der Waals surface area contributed by atoms with Crippen LogP contribution in [0.15, 0.2) is 42.6 Å². The fraction of sp³-hybridized carbons (Fsp3) is 0.414. The largest absolute Gasteiger partial charge is 0.490 e. The van der Waals surface area contributed by atoms with Crippen LogP contribution in [0.1, 0.15) is 49.5 Å². The van der Waals surface area contributed by atoms with E-state index in [1.165, 1.54) is 0 Å². The molecule has 1 heterocycles. The molecule has 0 fully saturated rings. The van der Waals surface area contributed by atoms with E-state index in [2.05, 4.69) is 15.2 Å². The number of pyridine rings is 1. The fourth-order valence-electron chi connectivity index (χ4n) is 4.13. The van der Waals surface area contributed by atoms with Crippen molar-refractivity contribution in [2.24, 2.45) is 0 Å². The summed E-state index contributed by atoms with van der Waals surface area (Å²) in [5, 5.41) is 14.1. The number of amides is 1. The molecule has 1 amide bonds. The number of aromatic nitrogens is 1. The third-order valence-electron chi connectivity index (χ3n) is 6.24. The fourth-order valence-corrected chi connectivity index (χ4v) is 4.37. The average Bonchev–Trinajstić information content (AvgIpc) is 2.91. The van der Waals surface area contributed by atoms with Crippen LogP contribution in [-0.2, 0) is 11.2 Å². The molecule has 0 unspecified atom stereocenters. The Hall–Kier alpha value is -3.20. The van der Waals surface area contributed by atoms with Crippen molar-refractivity contribution in [3.05, 3.63) is 58.7 Å². The molecule has 9 heteroatoms. The highest BCUT2D eigenvalue weighted by Crippen LogP contribution is 2.34. The van der Waals surface area contributed by atoms with Gasteiger partial charge in [0.05, 0.1) is 11.1 Å². The molecule has 0 saturated carbocycles. The number of rotatable bonds is 14. The van der Waals surface area contributed by atoms with Crippen molar-refractivity contribution in [3.63, 3.8) is 0 Å². The topological polar surface area (TPSA) is 101 Å². The number of benzene rings is 2. The van der Waals surface area contributed by atoms with Gasteiger partial charge in [-0.05, 0) is 49.3 Å². The quantitative estimate of drug-likeness (QED) is 0.295. The third kappa shape index (κ3) is 7.66. The van der Waals surface area contributed by atoms with Crippen LogP contribution >= 0.6 is 11.6 Å². The van der Waals surface area contributed by atoms with Crippen LogP contribution in [-0.4, -0.2) is 66.1 Å². The van der Waals surface area contributed by atoms with Crippen molar-refractivity contribution >= 4 is 34.2 Å². The number of aliphatic hydroxyl groups is 1. The number of fused-ring (bicyclic) bond motifs is 1. The zero-order chi connectivity index (χ0) is 27.7. The Kier molecular flexibility index (Phi) is 10.9. The maximum atomic E-state index is 12.7. The number of nitrogens with one attached hydrogen (secondary N) is 1. The van der Waals surface area contributed by atoms with E-state index in [0.29, 0.717) is 51.7 Å². The first-order valence-corrected chi connectivity index (χ1v) is 13.3. The van der Waals surface area contributed by atoms with Gasteiger partial charge in [0, 0.05) is 49.1 Å². The normalized spacial score (nSPS) is 12.0. The Balaban J connectivity index is 1.87. The van der Waals surface area contributed by atoms with Crippen LogP contribution in [0.4, 0.5) is 0 Å². The minimum Gasteiger partial charge on any atom is -0.490 e. The van der Waals surface area contributed by atoms with Crippen LogP contribution in [0.25, 0.3) is 10.9 Å². The van der Waals surface area contributed by atoms with E-state index in [1.807, 2.05) is 20.8 Å². The van der Waals surface area contributed by atoms with E-state index in [-0.39, 0.29) is 24.7 Å². The lowest BCUT2D eigenvalue weighted by molar-refractivity contribution is -0.118. The highest BCUT2D eigenvalue weighted by Gasteiger charge is 2.18. The van der Waals surface area contributed by atoms with E-state index in [0.717, 1.165) is 25.1 Å². The molecule has 1 atom stereocenters. The maximum Gasteiger partial charge on any atom is 0.254 e. The van der Waals surface area contributed by atoms with Crippen LogP contribution in [0.3, 0.4) is 0 Å². The first-order valence-electron chi connectivity index (χ1n) is 13.0. The second-order valence-corrected chi connectivity index (χ2v) is 9.43. The molecule has 3 aromatic rings. The lowest BCUT2D eigenvalue weighted by Gasteiger charge is -2.22. The van der Waals surface area contributed by atoms with Gasteiger partial charge in [-0.3, -0.25) is 14.6 Å². The molecule has 0 aliphatic heterocycles. The third-order valence-corrected chi connectivity index (χ3v) is 6.59. The molecule has 38 heavy (non-hydrogen) atoms. The second-order valence-electron chi connectivity index (χ2n) is 9.03. The summed E-state index contributed by atoms with van der Waals surface area (Å²) in [4.78, 5) is 31.3. The molecule has 2 aromatic carbocycles. The minimum absolute atomic E-state index is 0.0355. The summed E-state index contributed by atoms with van der Waals surface area (Å²) in [6, 6.07) is 10.3. The number of halogens is 1. The standard InChI is InChI=1S/C29H36ClN3O5/c1-5-8-20(34)13-19-9-10-22(14-25(19)30)38-27-11-12-32-26-16-28(24(15-23(26)27)29(36)31-4)37-18-21(35)17-33(6-2)7-3/h9-12,14-16,21,35H,5-8,13,17-18H2,1-4H3,(H,31,36)/t21-/m1/s1. The molecule has 204 valence electrons. The van der Waals surface area contributed by atoms with Gasteiger partial charge in [0.1, 0.15) is 35.7 Å². The molecule has 0 bridgehead atoms. The number of carbonyl (C=O) groups is 2. The predicted octanol–water partition coefficient (Wildman–Crippen LogP) is 5.03. The molecule has 8 nitrogen and oxygen atoms in total. The van der Waals surface area contributed by atoms with Crippen LogP contribution in [0.2, 0.25) is 5.02 Å². The summed E-state index contributed by atoms with van der Waals surface area (Å²) < 4.78 is 12.0. The Bertz CT molecular complexity index is 1260. The molecular weight excluding hydrogens is 506 g/mol. The molecule has 2 N–H and O–H groups in total. The second kappa shape index (κ2) is 14.1. The van der Waals surface area contributed by atoms with Gasteiger partial charge in [-0.2, -0.15) is 0 Å².